The average Bonchev–Trinajstić information content (AvgIpc) is 3.24. The van der Waals surface area contributed by atoms with Gasteiger partial charge in [-0.25, -0.2) is 14.6 Å². The molecule has 0 fully saturated rings. The summed E-state index contributed by atoms with van der Waals surface area (Å²) in [5, 5.41) is 7.18. The number of nitrogens with zero attached hydrogens (tertiary/aromatic N) is 2. The van der Waals surface area contributed by atoms with Crippen LogP contribution in [0.1, 0.15) is 22.3 Å². The fourth-order valence-electron chi connectivity index (χ4n) is 7.03. The molecule has 0 unspecified atom stereocenters. The van der Waals surface area contributed by atoms with Crippen LogP contribution in [0.5, 0.6) is 5.75 Å². The molecule has 0 radical (unpaired) electrons. The van der Waals surface area contributed by atoms with E-state index in [0.717, 1.165) is 56.5 Å². The third kappa shape index (κ3) is 7.21. The van der Waals surface area contributed by atoms with Crippen molar-refractivity contribution in [1.82, 2.24) is 4.98 Å². The Hall–Kier alpha value is -7.31. The number of hydrogen-bond donors (Lipinski definition) is 0. The Morgan fingerprint density at radius 3 is 2.00 bits per heavy atom. The van der Waals surface area contributed by atoms with E-state index < -0.39 is 11.9 Å². The maximum absolute atomic E-state index is 11.8. The lowest BCUT2D eigenvalue weighted by atomic mass is 9.93. The van der Waals surface area contributed by atoms with Crippen molar-refractivity contribution in [3.8, 4) is 5.75 Å². The molecule has 0 aliphatic rings. The van der Waals surface area contributed by atoms with Crippen LogP contribution in [0.3, 0.4) is 0 Å². The molecular weight excluding hydrogens is 681 g/mol. The Balaban J connectivity index is 1.20. The molecule has 0 bridgehead atoms. The summed E-state index contributed by atoms with van der Waals surface area (Å²) in [6.45, 7) is 7.20. The van der Waals surface area contributed by atoms with Crippen LogP contribution in [0.15, 0.2) is 177 Å². The molecule has 0 spiro atoms. The fourth-order valence-corrected chi connectivity index (χ4v) is 7.03. The minimum Gasteiger partial charge on any atom is -0.462 e. The van der Waals surface area contributed by atoms with Crippen molar-refractivity contribution < 1.29 is 19.1 Å². The number of aromatic nitrogens is 1. The molecule has 6 nitrogen and oxygen atoms in total. The molecule has 6 heteroatoms. The molecule has 0 aliphatic heterocycles. The zero-order valence-electron chi connectivity index (χ0n) is 30.0. The van der Waals surface area contributed by atoms with Crippen LogP contribution < -0.4 is 9.64 Å². The zero-order valence-corrected chi connectivity index (χ0v) is 30.0. The summed E-state index contributed by atoms with van der Waals surface area (Å²) in [6.07, 6.45) is 6.86. The minimum absolute atomic E-state index is 0.247. The van der Waals surface area contributed by atoms with Gasteiger partial charge >= 0.3 is 11.9 Å². The second kappa shape index (κ2) is 15.3. The molecule has 55 heavy (non-hydrogen) atoms. The quantitative estimate of drug-likeness (QED) is 0.0412. The highest BCUT2D eigenvalue weighted by molar-refractivity contribution is 6.25. The maximum Gasteiger partial charge on any atom is 0.335 e. The van der Waals surface area contributed by atoms with Gasteiger partial charge in [-0.05, 0) is 97.2 Å². The van der Waals surface area contributed by atoms with Gasteiger partial charge in [-0.1, -0.05) is 122 Å². The van der Waals surface area contributed by atoms with E-state index in [-0.39, 0.29) is 6.61 Å². The van der Waals surface area contributed by atoms with E-state index in [1.165, 1.54) is 33.0 Å². The van der Waals surface area contributed by atoms with Crippen molar-refractivity contribution in [2.45, 2.75) is 6.42 Å². The van der Waals surface area contributed by atoms with Gasteiger partial charge in [0.25, 0.3) is 0 Å². The summed E-state index contributed by atoms with van der Waals surface area (Å²) in [7, 11) is 0. The van der Waals surface area contributed by atoms with Crippen LogP contribution in [-0.2, 0) is 20.7 Å². The molecule has 266 valence electrons. The minimum atomic E-state index is -0.500. The summed E-state index contributed by atoms with van der Waals surface area (Å²) in [5.74, 6) is 0.270. The first-order valence-corrected chi connectivity index (χ1v) is 18.0. The first-order chi connectivity index (χ1) is 27.0. The van der Waals surface area contributed by atoms with Crippen molar-refractivity contribution in [3.05, 3.63) is 199 Å². The number of anilines is 3. The van der Waals surface area contributed by atoms with E-state index in [4.69, 9.17) is 14.5 Å². The largest absolute Gasteiger partial charge is 0.462 e. The van der Waals surface area contributed by atoms with Crippen LogP contribution >= 0.6 is 0 Å². The van der Waals surface area contributed by atoms with Crippen molar-refractivity contribution in [2.24, 2.45) is 0 Å². The summed E-state index contributed by atoms with van der Waals surface area (Å²) < 4.78 is 10.5. The first kappa shape index (κ1) is 34.8. The van der Waals surface area contributed by atoms with Crippen molar-refractivity contribution in [3.63, 3.8) is 0 Å². The molecule has 8 rings (SSSR count). The number of hydrogen-bond acceptors (Lipinski definition) is 6. The van der Waals surface area contributed by atoms with E-state index in [1.54, 1.807) is 12.1 Å². The third-order valence-electron chi connectivity index (χ3n) is 9.68. The van der Waals surface area contributed by atoms with Gasteiger partial charge in [0.05, 0.1) is 12.3 Å². The molecule has 0 atom stereocenters. The standard InChI is InChI=1S/C49H36N2O4/c1-3-46(52)54-30-29-34-15-28-45(50-32-34)51(44-27-21-39-17-16-37-11-8-12-38-20-26-42(44)49(39)48(37)38)40-22-13-33(14-23-40)31-43(35-9-6-5-7-10-35)36-18-24-41(25-19-36)55-47(53)4-2/h3-28,31-32H,1-2,29-30H2. The van der Waals surface area contributed by atoms with Gasteiger partial charge in [0.2, 0.25) is 0 Å². The van der Waals surface area contributed by atoms with Crippen LogP contribution in [0.4, 0.5) is 17.2 Å². The molecule has 0 saturated carbocycles. The number of ether oxygens (including phenoxy) is 2. The molecule has 0 N–H and O–H groups in total. The number of benzene rings is 7. The van der Waals surface area contributed by atoms with E-state index in [1.807, 2.05) is 48.7 Å². The van der Waals surface area contributed by atoms with Gasteiger partial charge in [-0.3, -0.25) is 4.90 Å². The normalized spacial score (nSPS) is 11.5. The number of carbonyl (C=O) groups is 2. The van der Waals surface area contributed by atoms with Crippen LogP contribution in [0.25, 0.3) is 44.0 Å². The molecular formula is C49H36N2O4. The molecule has 0 saturated heterocycles. The van der Waals surface area contributed by atoms with E-state index in [9.17, 15) is 9.59 Å². The maximum atomic E-state index is 11.8. The van der Waals surface area contributed by atoms with Gasteiger partial charge in [0.15, 0.2) is 0 Å². The Kier molecular flexibility index (Phi) is 9.70. The van der Waals surface area contributed by atoms with Crippen LogP contribution in [0.2, 0.25) is 0 Å². The van der Waals surface area contributed by atoms with E-state index in [0.29, 0.717) is 12.2 Å². The average molecular weight is 717 g/mol. The molecule has 8 aromatic rings. The molecule has 1 aromatic heterocycles. The predicted octanol–water partition coefficient (Wildman–Crippen LogP) is 11.4. The van der Waals surface area contributed by atoms with Gasteiger partial charge in [0.1, 0.15) is 11.6 Å². The van der Waals surface area contributed by atoms with E-state index in [2.05, 4.69) is 115 Å². The van der Waals surface area contributed by atoms with Crippen molar-refractivity contribution in [2.75, 3.05) is 11.5 Å². The first-order valence-electron chi connectivity index (χ1n) is 18.0. The summed E-state index contributed by atoms with van der Waals surface area (Å²) in [4.78, 5) is 30.5. The Bertz CT molecular complexity index is 2680. The van der Waals surface area contributed by atoms with Gasteiger partial charge in [-0.2, -0.15) is 0 Å². The molecule has 0 aliphatic carbocycles. The highest BCUT2D eigenvalue weighted by Gasteiger charge is 2.19. The lowest BCUT2D eigenvalue weighted by Crippen LogP contribution is -2.12. The Morgan fingerprint density at radius 1 is 0.636 bits per heavy atom. The smallest absolute Gasteiger partial charge is 0.335 e. The molecule has 7 aromatic carbocycles. The zero-order chi connectivity index (χ0) is 37.7. The number of pyridine rings is 1. The van der Waals surface area contributed by atoms with Gasteiger partial charge < -0.3 is 9.47 Å². The fraction of sp³-hybridized carbons (Fsp3) is 0.0408. The molecule has 1 heterocycles. The van der Waals surface area contributed by atoms with Crippen molar-refractivity contribution >= 4 is 73.1 Å². The lowest BCUT2D eigenvalue weighted by molar-refractivity contribution is -0.137. The summed E-state index contributed by atoms with van der Waals surface area (Å²) in [5.41, 5.74) is 6.98. The Labute approximate surface area is 319 Å². The monoisotopic (exact) mass is 716 g/mol. The number of carbonyl (C=O) groups excluding carboxylic acids is 2. The number of esters is 2. The summed E-state index contributed by atoms with van der Waals surface area (Å²) >= 11 is 0. The highest BCUT2D eigenvalue weighted by atomic mass is 16.5. The lowest BCUT2D eigenvalue weighted by Gasteiger charge is -2.27. The Morgan fingerprint density at radius 2 is 1.31 bits per heavy atom. The molecule has 0 amide bonds. The third-order valence-corrected chi connectivity index (χ3v) is 9.68. The second-order valence-electron chi connectivity index (χ2n) is 13.1. The summed E-state index contributed by atoms with van der Waals surface area (Å²) in [6, 6.07) is 49.8. The van der Waals surface area contributed by atoms with E-state index >= 15 is 0 Å². The van der Waals surface area contributed by atoms with Crippen LogP contribution in [-0.4, -0.2) is 23.5 Å². The SMILES string of the molecule is C=CC(=O)OCCc1ccc(N(c2ccc(C=C(c3ccccc3)c3ccc(OC(=O)C=C)cc3)cc2)c2ccc3ccc4cccc5ccc2c3c45)nc1. The van der Waals surface area contributed by atoms with Gasteiger partial charge in [-0.15, -0.1) is 0 Å². The van der Waals surface area contributed by atoms with Crippen LogP contribution in [0, 0.1) is 0 Å². The topological polar surface area (TPSA) is 68.7 Å². The second-order valence-corrected chi connectivity index (χ2v) is 13.1. The predicted molar refractivity (Wildman–Crippen MR) is 223 cm³/mol. The highest BCUT2D eigenvalue weighted by Crippen LogP contribution is 2.43. The number of rotatable bonds is 12. The van der Waals surface area contributed by atoms with Gasteiger partial charge in [0, 0.05) is 35.8 Å². The van der Waals surface area contributed by atoms with Crippen molar-refractivity contribution in [1.29, 1.82) is 0 Å².